The molecule has 0 spiro atoms. The lowest BCUT2D eigenvalue weighted by molar-refractivity contribution is 0.0513. The van der Waals surface area contributed by atoms with Gasteiger partial charge in [0.1, 0.15) is 5.82 Å². The van der Waals surface area contributed by atoms with E-state index in [1.807, 2.05) is 30.3 Å². The number of benzene rings is 1. The van der Waals surface area contributed by atoms with Gasteiger partial charge in [-0.05, 0) is 42.7 Å². The highest BCUT2D eigenvalue weighted by Gasteiger charge is 2.34. The van der Waals surface area contributed by atoms with E-state index in [1.54, 1.807) is 13.2 Å². The van der Waals surface area contributed by atoms with Crippen LogP contribution in [0.5, 0.6) is 0 Å². The fourth-order valence-electron chi connectivity index (χ4n) is 3.46. The average molecular weight is 370 g/mol. The molecule has 0 amide bonds. The normalized spacial score (nSPS) is 16.7. The van der Waals surface area contributed by atoms with Gasteiger partial charge in [-0.15, -0.1) is 0 Å². The molecule has 1 aromatic carbocycles. The second-order valence-corrected chi connectivity index (χ2v) is 6.82. The third-order valence-electron chi connectivity index (χ3n) is 5.12. The molecule has 3 rings (SSSR count). The van der Waals surface area contributed by atoms with Crippen LogP contribution in [0.15, 0.2) is 53.7 Å². The summed E-state index contributed by atoms with van der Waals surface area (Å²) < 4.78 is 18.9. The van der Waals surface area contributed by atoms with Gasteiger partial charge >= 0.3 is 0 Å². The highest BCUT2D eigenvalue weighted by Crippen LogP contribution is 2.34. The second-order valence-electron chi connectivity index (χ2n) is 6.82. The van der Waals surface area contributed by atoms with E-state index >= 15 is 0 Å². The molecule has 0 unspecified atom stereocenters. The third kappa shape index (κ3) is 5.26. The van der Waals surface area contributed by atoms with Crippen molar-refractivity contribution in [2.75, 3.05) is 33.4 Å². The van der Waals surface area contributed by atoms with Crippen molar-refractivity contribution in [1.29, 1.82) is 0 Å². The Morgan fingerprint density at radius 1 is 1.15 bits per heavy atom. The Morgan fingerprint density at radius 2 is 1.93 bits per heavy atom. The standard InChI is InChI=1S/C21H27FN4O/c1-23-20(25-13-9-19-4-2-3-12-24-19)26-16-21(10-14-27-15-11-21)17-5-7-18(22)8-6-17/h2-8,12H,9-11,13-16H2,1H3,(H2,23,25,26). The van der Waals surface area contributed by atoms with Crippen LogP contribution in [0.4, 0.5) is 4.39 Å². The number of halogens is 1. The molecule has 1 fully saturated rings. The van der Waals surface area contributed by atoms with Crippen LogP contribution in [0.2, 0.25) is 0 Å². The summed E-state index contributed by atoms with van der Waals surface area (Å²) in [7, 11) is 1.77. The van der Waals surface area contributed by atoms with Gasteiger partial charge in [0.15, 0.2) is 5.96 Å². The topological polar surface area (TPSA) is 58.5 Å². The molecule has 1 aliphatic rings. The number of hydrogen-bond acceptors (Lipinski definition) is 3. The first-order chi connectivity index (χ1) is 13.2. The quantitative estimate of drug-likeness (QED) is 0.606. The van der Waals surface area contributed by atoms with Crippen LogP contribution in [-0.2, 0) is 16.6 Å². The SMILES string of the molecule is CN=C(NCCc1ccccn1)NCC1(c2ccc(F)cc2)CCOCC1. The highest BCUT2D eigenvalue weighted by molar-refractivity contribution is 5.79. The van der Waals surface area contributed by atoms with Gasteiger partial charge in [-0.25, -0.2) is 4.39 Å². The van der Waals surface area contributed by atoms with Gasteiger partial charge in [-0.3, -0.25) is 9.98 Å². The van der Waals surface area contributed by atoms with Crippen LogP contribution in [0.25, 0.3) is 0 Å². The Hall–Kier alpha value is -2.47. The lowest BCUT2D eigenvalue weighted by atomic mass is 9.74. The van der Waals surface area contributed by atoms with Crippen molar-refractivity contribution in [3.8, 4) is 0 Å². The molecule has 0 aliphatic carbocycles. The molecule has 144 valence electrons. The zero-order valence-electron chi connectivity index (χ0n) is 15.7. The molecule has 0 atom stereocenters. The molecule has 2 aromatic rings. The molecule has 5 nitrogen and oxygen atoms in total. The summed E-state index contributed by atoms with van der Waals surface area (Å²) in [5, 5.41) is 6.79. The van der Waals surface area contributed by atoms with E-state index in [2.05, 4.69) is 20.6 Å². The van der Waals surface area contributed by atoms with E-state index in [-0.39, 0.29) is 11.2 Å². The van der Waals surface area contributed by atoms with E-state index in [9.17, 15) is 4.39 Å². The van der Waals surface area contributed by atoms with Gasteiger partial charge in [0.05, 0.1) is 0 Å². The van der Waals surface area contributed by atoms with Crippen LogP contribution >= 0.6 is 0 Å². The van der Waals surface area contributed by atoms with E-state index < -0.39 is 0 Å². The Labute approximate surface area is 160 Å². The van der Waals surface area contributed by atoms with Gasteiger partial charge in [-0.1, -0.05) is 18.2 Å². The summed E-state index contributed by atoms with van der Waals surface area (Å²) in [5.74, 6) is 0.555. The molecule has 27 heavy (non-hydrogen) atoms. The van der Waals surface area contributed by atoms with E-state index in [0.29, 0.717) is 13.2 Å². The summed E-state index contributed by atoms with van der Waals surface area (Å²) in [4.78, 5) is 8.66. The molecule has 0 bridgehead atoms. The average Bonchev–Trinajstić information content (AvgIpc) is 2.72. The van der Waals surface area contributed by atoms with Gasteiger partial charge < -0.3 is 15.4 Å². The number of aliphatic imine (C=N–C) groups is 1. The number of rotatable bonds is 6. The predicted octanol–water partition coefficient (Wildman–Crippen LogP) is 2.68. The van der Waals surface area contributed by atoms with Crippen molar-refractivity contribution in [2.45, 2.75) is 24.7 Å². The molecule has 0 saturated carbocycles. The molecule has 0 radical (unpaired) electrons. The number of hydrogen-bond donors (Lipinski definition) is 2. The smallest absolute Gasteiger partial charge is 0.191 e. The number of aromatic nitrogens is 1. The fourth-order valence-corrected chi connectivity index (χ4v) is 3.46. The number of guanidine groups is 1. The van der Waals surface area contributed by atoms with Crippen molar-refractivity contribution in [2.24, 2.45) is 4.99 Å². The Bertz CT molecular complexity index is 728. The van der Waals surface area contributed by atoms with E-state index in [4.69, 9.17) is 4.74 Å². The molecule has 6 heteroatoms. The van der Waals surface area contributed by atoms with Gasteiger partial charge in [-0.2, -0.15) is 0 Å². The Kier molecular flexibility index (Phi) is 6.76. The van der Waals surface area contributed by atoms with Crippen molar-refractivity contribution in [1.82, 2.24) is 15.6 Å². The van der Waals surface area contributed by atoms with Crippen molar-refractivity contribution in [3.05, 3.63) is 65.7 Å². The van der Waals surface area contributed by atoms with E-state index in [1.165, 1.54) is 12.1 Å². The van der Waals surface area contributed by atoms with Crippen LogP contribution in [0.3, 0.4) is 0 Å². The lowest BCUT2D eigenvalue weighted by Gasteiger charge is -2.38. The molecule has 2 heterocycles. The molecular weight excluding hydrogens is 343 g/mol. The maximum atomic E-state index is 13.4. The minimum atomic E-state index is -0.207. The number of pyridine rings is 1. The molecule has 2 N–H and O–H groups in total. The number of nitrogens with zero attached hydrogens (tertiary/aromatic N) is 2. The summed E-state index contributed by atoms with van der Waals surface area (Å²) in [6, 6.07) is 12.8. The van der Waals surface area contributed by atoms with Gasteiger partial charge in [0.2, 0.25) is 0 Å². The van der Waals surface area contributed by atoms with Crippen molar-refractivity contribution >= 4 is 5.96 Å². The van der Waals surface area contributed by atoms with E-state index in [0.717, 1.165) is 49.6 Å². The van der Waals surface area contributed by atoms with Gasteiger partial charge in [0.25, 0.3) is 0 Å². The van der Waals surface area contributed by atoms with Gasteiger partial charge in [0, 0.05) is 57.1 Å². The van der Waals surface area contributed by atoms with Crippen molar-refractivity contribution in [3.63, 3.8) is 0 Å². The molecular formula is C21H27FN4O. The maximum Gasteiger partial charge on any atom is 0.191 e. The zero-order valence-corrected chi connectivity index (χ0v) is 15.7. The third-order valence-corrected chi connectivity index (χ3v) is 5.12. The molecule has 1 aromatic heterocycles. The summed E-state index contributed by atoms with van der Waals surface area (Å²) in [5.41, 5.74) is 2.11. The first-order valence-corrected chi connectivity index (χ1v) is 9.40. The molecule has 1 saturated heterocycles. The van der Waals surface area contributed by atoms with Crippen LogP contribution in [0, 0.1) is 5.82 Å². The number of nitrogens with one attached hydrogen (secondary N) is 2. The predicted molar refractivity (Wildman–Crippen MR) is 105 cm³/mol. The van der Waals surface area contributed by atoms with Crippen LogP contribution in [-0.4, -0.2) is 44.3 Å². The largest absolute Gasteiger partial charge is 0.381 e. The minimum absolute atomic E-state index is 0.0788. The summed E-state index contributed by atoms with van der Waals surface area (Å²) in [6.07, 6.45) is 4.44. The summed E-state index contributed by atoms with van der Waals surface area (Å²) in [6.45, 7) is 2.91. The monoisotopic (exact) mass is 370 g/mol. The Balaban J connectivity index is 1.59. The minimum Gasteiger partial charge on any atom is -0.381 e. The fraction of sp³-hybridized carbons (Fsp3) is 0.429. The van der Waals surface area contributed by atoms with Crippen LogP contribution < -0.4 is 10.6 Å². The lowest BCUT2D eigenvalue weighted by Crippen LogP contribution is -2.48. The molecule has 1 aliphatic heterocycles. The summed E-state index contributed by atoms with van der Waals surface area (Å²) >= 11 is 0. The van der Waals surface area contributed by atoms with Crippen LogP contribution in [0.1, 0.15) is 24.1 Å². The number of ether oxygens (including phenoxy) is 1. The maximum absolute atomic E-state index is 13.4. The first kappa shape index (κ1) is 19.3. The first-order valence-electron chi connectivity index (χ1n) is 9.40. The Morgan fingerprint density at radius 3 is 2.59 bits per heavy atom. The second kappa shape index (κ2) is 9.46. The highest BCUT2D eigenvalue weighted by atomic mass is 19.1. The zero-order chi connectivity index (χ0) is 19.0. The van der Waals surface area contributed by atoms with Crippen molar-refractivity contribution < 1.29 is 9.13 Å².